The average Bonchev–Trinajstić information content (AvgIpc) is 3.04. The van der Waals surface area contributed by atoms with Crippen LogP contribution in [0.25, 0.3) is 4.96 Å². The van der Waals surface area contributed by atoms with Crippen molar-refractivity contribution >= 4 is 46.4 Å². The van der Waals surface area contributed by atoms with E-state index in [2.05, 4.69) is 10.3 Å². The Balaban J connectivity index is 0.00000208. The first kappa shape index (κ1) is 19.2. The maximum absolute atomic E-state index is 12.3. The fraction of sp³-hybridized carbons (Fsp3) is 0.533. The third-order valence-corrected chi connectivity index (χ3v) is 5.79. The zero-order valence-electron chi connectivity index (χ0n) is 13.4. The van der Waals surface area contributed by atoms with Crippen LogP contribution in [-0.2, 0) is 10.5 Å². The third kappa shape index (κ3) is 4.50. The predicted molar refractivity (Wildman–Crippen MR) is 101 cm³/mol. The number of halogens is 1. The zero-order chi connectivity index (χ0) is 16.2. The second kappa shape index (κ2) is 8.84. The third-order valence-electron chi connectivity index (χ3n) is 4.08. The van der Waals surface area contributed by atoms with Crippen molar-refractivity contribution in [3.63, 3.8) is 0 Å². The van der Waals surface area contributed by atoms with Crippen LogP contribution in [0.4, 0.5) is 0 Å². The highest BCUT2D eigenvalue weighted by Crippen LogP contribution is 2.15. The summed E-state index contributed by atoms with van der Waals surface area (Å²) in [4.78, 5) is 31.2. The minimum Gasteiger partial charge on any atom is -0.342 e. The summed E-state index contributed by atoms with van der Waals surface area (Å²) in [5.41, 5.74) is 0.671. The molecule has 24 heavy (non-hydrogen) atoms. The van der Waals surface area contributed by atoms with Crippen LogP contribution in [0.1, 0.15) is 18.5 Å². The summed E-state index contributed by atoms with van der Waals surface area (Å²) >= 11 is 2.95. The van der Waals surface area contributed by atoms with Crippen LogP contribution < -0.4 is 10.9 Å². The lowest BCUT2D eigenvalue weighted by molar-refractivity contribution is -0.129. The second-order valence-corrected chi connectivity index (χ2v) is 7.48. The molecule has 1 fully saturated rings. The van der Waals surface area contributed by atoms with Gasteiger partial charge in [0.25, 0.3) is 5.56 Å². The highest BCUT2D eigenvalue weighted by atomic mass is 35.5. The molecule has 1 amide bonds. The van der Waals surface area contributed by atoms with Gasteiger partial charge in [-0.25, -0.2) is 4.98 Å². The normalized spacial score (nSPS) is 15.2. The Morgan fingerprint density at radius 1 is 1.50 bits per heavy atom. The number of thiazole rings is 1. The number of carbonyl (C=O) groups is 1. The number of hydrogen-bond donors (Lipinski definition) is 1. The lowest BCUT2D eigenvalue weighted by atomic mass is 10.1. The van der Waals surface area contributed by atoms with Crippen molar-refractivity contribution < 1.29 is 4.79 Å². The van der Waals surface area contributed by atoms with Crippen molar-refractivity contribution in [2.24, 2.45) is 0 Å². The van der Waals surface area contributed by atoms with Gasteiger partial charge >= 0.3 is 0 Å². The first-order valence-corrected chi connectivity index (χ1v) is 9.68. The second-order valence-electron chi connectivity index (χ2n) is 5.62. The molecule has 1 saturated heterocycles. The smallest absolute Gasteiger partial charge is 0.258 e. The molecule has 1 aliphatic heterocycles. The Hall–Kier alpha value is -1.09. The van der Waals surface area contributed by atoms with E-state index in [1.807, 2.05) is 17.3 Å². The summed E-state index contributed by atoms with van der Waals surface area (Å²) in [6, 6.07) is 1.89. The molecule has 0 spiro atoms. The molecule has 2 aromatic rings. The van der Waals surface area contributed by atoms with Gasteiger partial charge < -0.3 is 10.2 Å². The van der Waals surface area contributed by atoms with Crippen molar-refractivity contribution in [1.29, 1.82) is 0 Å². The van der Waals surface area contributed by atoms with Gasteiger partial charge in [0.05, 0.1) is 11.4 Å². The van der Waals surface area contributed by atoms with Crippen molar-refractivity contribution in [2.75, 3.05) is 25.9 Å². The number of nitrogens with one attached hydrogen (secondary N) is 1. The number of fused-ring (bicyclic) bond motifs is 1. The predicted octanol–water partition coefficient (Wildman–Crippen LogP) is 1.62. The van der Waals surface area contributed by atoms with Crippen LogP contribution in [0.3, 0.4) is 0 Å². The van der Waals surface area contributed by atoms with Gasteiger partial charge in [0.1, 0.15) is 0 Å². The van der Waals surface area contributed by atoms with E-state index in [0.717, 1.165) is 31.6 Å². The van der Waals surface area contributed by atoms with Crippen LogP contribution in [0.2, 0.25) is 0 Å². The number of thioether (sulfide) groups is 1. The molecule has 0 bridgehead atoms. The quantitative estimate of drug-likeness (QED) is 0.843. The number of aromatic nitrogens is 2. The number of piperidine rings is 1. The average molecular weight is 389 g/mol. The first-order valence-electron chi connectivity index (χ1n) is 7.65. The summed E-state index contributed by atoms with van der Waals surface area (Å²) in [5, 5.41) is 5.15. The summed E-state index contributed by atoms with van der Waals surface area (Å²) < 4.78 is 1.54. The van der Waals surface area contributed by atoms with Crippen LogP contribution in [0.15, 0.2) is 22.4 Å². The Bertz CT molecular complexity index is 742. The molecular weight excluding hydrogens is 368 g/mol. The maximum atomic E-state index is 12.3. The number of hydrogen-bond acceptors (Lipinski definition) is 6. The van der Waals surface area contributed by atoms with Crippen LogP contribution in [0, 0.1) is 0 Å². The van der Waals surface area contributed by atoms with Gasteiger partial charge in [-0.2, -0.15) is 0 Å². The highest BCUT2D eigenvalue weighted by Gasteiger charge is 2.21. The first-order chi connectivity index (χ1) is 11.1. The molecule has 0 radical (unpaired) electrons. The Morgan fingerprint density at radius 3 is 3.00 bits per heavy atom. The van der Waals surface area contributed by atoms with Gasteiger partial charge in [-0.1, -0.05) is 0 Å². The van der Waals surface area contributed by atoms with Crippen LogP contribution in [-0.4, -0.2) is 52.1 Å². The Kier molecular flexibility index (Phi) is 7.09. The van der Waals surface area contributed by atoms with E-state index in [1.165, 1.54) is 27.5 Å². The molecule has 0 aromatic carbocycles. The number of rotatable bonds is 5. The molecule has 3 rings (SSSR count). The topological polar surface area (TPSA) is 66.7 Å². The van der Waals surface area contributed by atoms with Crippen LogP contribution in [0.5, 0.6) is 0 Å². The number of amides is 1. The van der Waals surface area contributed by atoms with Crippen molar-refractivity contribution in [3.05, 3.63) is 33.7 Å². The molecule has 6 nitrogen and oxygen atoms in total. The fourth-order valence-electron chi connectivity index (χ4n) is 2.70. The molecule has 1 aliphatic rings. The SMILES string of the molecule is CN(C(=O)CSCc1cc(=O)n2ccsc2n1)C1CCNCC1.Cl. The Morgan fingerprint density at radius 2 is 2.25 bits per heavy atom. The Labute approximate surface area is 155 Å². The van der Waals surface area contributed by atoms with Gasteiger partial charge in [-0.05, 0) is 25.9 Å². The van der Waals surface area contributed by atoms with Gasteiger partial charge in [0, 0.05) is 36.5 Å². The van der Waals surface area contributed by atoms with Crippen molar-refractivity contribution in [1.82, 2.24) is 19.6 Å². The van der Waals surface area contributed by atoms with E-state index in [-0.39, 0.29) is 23.9 Å². The van der Waals surface area contributed by atoms with Crippen molar-refractivity contribution in [2.45, 2.75) is 24.6 Å². The molecule has 0 atom stereocenters. The number of carbonyl (C=O) groups excluding carboxylic acids is 1. The summed E-state index contributed by atoms with van der Waals surface area (Å²) in [5.74, 6) is 1.15. The monoisotopic (exact) mass is 388 g/mol. The van der Waals surface area contributed by atoms with E-state index in [4.69, 9.17) is 0 Å². The highest BCUT2D eigenvalue weighted by molar-refractivity contribution is 7.99. The number of nitrogens with zero attached hydrogens (tertiary/aromatic N) is 3. The van der Waals surface area contributed by atoms with E-state index in [9.17, 15) is 9.59 Å². The molecular formula is C15H21ClN4O2S2. The zero-order valence-corrected chi connectivity index (χ0v) is 15.9. The fourth-order valence-corrected chi connectivity index (χ4v) is 4.28. The van der Waals surface area contributed by atoms with Gasteiger partial charge in [0.2, 0.25) is 5.91 Å². The maximum Gasteiger partial charge on any atom is 0.258 e. The lowest BCUT2D eigenvalue weighted by Crippen LogP contribution is -2.44. The standard InChI is InChI=1S/C15H20N4O2S2.ClH/c1-18(12-2-4-16-5-3-12)14(21)10-22-9-11-8-13(20)19-6-7-23-15(19)17-11;/h6-8,12,16H,2-5,9-10H2,1H3;1H. The lowest BCUT2D eigenvalue weighted by Gasteiger charge is -2.31. The van der Waals surface area contributed by atoms with Gasteiger partial charge in [-0.15, -0.1) is 35.5 Å². The van der Waals surface area contributed by atoms with Gasteiger partial charge in [-0.3, -0.25) is 14.0 Å². The molecule has 0 unspecified atom stereocenters. The summed E-state index contributed by atoms with van der Waals surface area (Å²) in [6.07, 6.45) is 3.75. The minimum absolute atomic E-state index is 0. The largest absolute Gasteiger partial charge is 0.342 e. The molecule has 3 heterocycles. The molecule has 1 N–H and O–H groups in total. The van der Waals surface area contributed by atoms with E-state index in [0.29, 0.717) is 22.5 Å². The molecule has 0 aliphatic carbocycles. The van der Waals surface area contributed by atoms with E-state index >= 15 is 0 Å². The van der Waals surface area contributed by atoms with Crippen molar-refractivity contribution in [3.8, 4) is 0 Å². The molecule has 132 valence electrons. The van der Waals surface area contributed by atoms with Gasteiger partial charge in [0.15, 0.2) is 4.96 Å². The molecule has 9 heteroatoms. The van der Waals surface area contributed by atoms with E-state index in [1.54, 1.807) is 12.3 Å². The molecule has 0 saturated carbocycles. The van der Waals surface area contributed by atoms with Crippen LogP contribution >= 0.6 is 35.5 Å². The minimum atomic E-state index is -0.0648. The summed E-state index contributed by atoms with van der Waals surface area (Å²) in [6.45, 7) is 1.95. The van der Waals surface area contributed by atoms with E-state index < -0.39 is 0 Å². The molecule has 2 aromatic heterocycles. The summed E-state index contributed by atoms with van der Waals surface area (Å²) in [7, 11) is 1.89.